The molecular weight excluding hydrogens is 472 g/mol. The molecule has 1 heterocycles. The highest BCUT2D eigenvalue weighted by molar-refractivity contribution is 5.72. The van der Waals surface area contributed by atoms with Crippen LogP contribution in [0.15, 0.2) is 0 Å². The fraction of sp³-hybridized carbons (Fsp3) is 0.941. The zero-order valence-electron chi connectivity index (χ0n) is 22.8. The van der Waals surface area contributed by atoms with Gasteiger partial charge in [0.05, 0.1) is 12.8 Å². The number of fused-ring (bicyclic) bond motifs is 7. The average molecular weight is 517 g/mol. The van der Waals surface area contributed by atoms with Crippen molar-refractivity contribution in [2.75, 3.05) is 0 Å². The van der Waals surface area contributed by atoms with Crippen LogP contribution < -0.4 is 0 Å². The molecule has 0 N–H and O–H groups in total. The Balaban J connectivity index is 0.985. The van der Waals surface area contributed by atoms with Crippen molar-refractivity contribution in [3.8, 4) is 0 Å². The lowest BCUT2D eigenvalue weighted by atomic mass is 9.43. The van der Waals surface area contributed by atoms with E-state index in [1.807, 2.05) is 0 Å². The Hall–Kier alpha value is -1.06. The first-order valence-electron chi connectivity index (χ1n) is 16.9. The van der Waals surface area contributed by atoms with Gasteiger partial charge in [-0.15, -0.1) is 0 Å². The third-order valence-electron chi connectivity index (χ3n) is 16.3. The second-order valence-electron chi connectivity index (χ2n) is 17.4. The predicted octanol–water partition coefficient (Wildman–Crippen LogP) is 6.02. The van der Waals surface area contributed by atoms with Crippen LogP contribution in [0.1, 0.15) is 89.9 Å². The number of hydrogen-bond acceptors (Lipinski definition) is 4. The van der Waals surface area contributed by atoms with E-state index in [4.69, 9.17) is 9.47 Å². The summed E-state index contributed by atoms with van der Waals surface area (Å²) in [6.45, 7) is 0. The van der Waals surface area contributed by atoms with Gasteiger partial charge in [0.2, 0.25) is 0 Å². The summed E-state index contributed by atoms with van der Waals surface area (Å²) >= 11 is 0. The lowest BCUT2D eigenvalue weighted by Crippen LogP contribution is -2.59. The van der Waals surface area contributed by atoms with Crippen molar-refractivity contribution in [2.45, 2.75) is 102 Å². The van der Waals surface area contributed by atoms with Crippen LogP contribution in [0.2, 0.25) is 0 Å². The summed E-state index contributed by atoms with van der Waals surface area (Å²) in [5.74, 6) is 11.9. The van der Waals surface area contributed by atoms with Crippen LogP contribution in [-0.4, -0.2) is 24.1 Å². The summed E-state index contributed by atoms with van der Waals surface area (Å²) in [7, 11) is 0. The predicted molar refractivity (Wildman–Crippen MR) is 138 cm³/mol. The molecule has 0 aromatic heterocycles. The minimum atomic E-state index is 0.0879. The van der Waals surface area contributed by atoms with Gasteiger partial charge in [-0.25, -0.2) is 0 Å². The maximum atomic E-state index is 13.7. The summed E-state index contributed by atoms with van der Waals surface area (Å²) in [4.78, 5) is 27.4. The normalized spacial score (nSPS) is 67.3. The fourth-order valence-electron chi connectivity index (χ4n) is 16.8. The van der Waals surface area contributed by atoms with Crippen LogP contribution in [0, 0.1) is 93.7 Å². The first-order chi connectivity index (χ1) is 18.5. The summed E-state index contributed by atoms with van der Waals surface area (Å²) in [5, 5.41) is 0. The van der Waals surface area contributed by atoms with Crippen LogP contribution in [0.5, 0.6) is 0 Å². The molecule has 11 saturated carbocycles. The van der Waals surface area contributed by atoms with Crippen LogP contribution in [0.4, 0.5) is 0 Å². The van der Waals surface area contributed by atoms with Gasteiger partial charge < -0.3 is 9.47 Å². The highest BCUT2D eigenvalue weighted by Crippen LogP contribution is 2.82. The molecule has 0 radical (unpaired) electrons. The molecule has 12 aliphatic rings. The molecule has 2 unspecified atom stereocenters. The van der Waals surface area contributed by atoms with Crippen molar-refractivity contribution in [2.24, 2.45) is 93.7 Å². The molecule has 12 fully saturated rings. The molecule has 1 saturated heterocycles. The minimum Gasteiger partial charge on any atom is -0.462 e. The van der Waals surface area contributed by atoms with E-state index in [1.54, 1.807) is 0 Å². The molecule has 38 heavy (non-hydrogen) atoms. The van der Waals surface area contributed by atoms with Crippen molar-refractivity contribution >= 4 is 11.9 Å². The Morgan fingerprint density at radius 2 is 0.947 bits per heavy atom. The molecule has 8 bridgehead atoms. The number of carbonyl (C=O) groups excluding carboxylic acids is 2. The van der Waals surface area contributed by atoms with Gasteiger partial charge in [0, 0.05) is 11.8 Å². The van der Waals surface area contributed by atoms with E-state index in [2.05, 4.69) is 0 Å². The van der Waals surface area contributed by atoms with E-state index in [0.29, 0.717) is 36.5 Å². The lowest BCUT2D eigenvalue weighted by molar-refractivity contribution is -0.174. The van der Waals surface area contributed by atoms with Crippen LogP contribution in [0.3, 0.4) is 0 Å². The van der Waals surface area contributed by atoms with Gasteiger partial charge in [-0.05, 0) is 159 Å². The monoisotopic (exact) mass is 516 g/mol. The van der Waals surface area contributed by atoms with Crippen molar-refractivity contribution in [3.05, 3.63) is 0 Å². The van der Waals surface area contributed by atoms with Gasteiger partial charge in [0.1, 0.15) is 12.2 Å². The number of carbonyl (C=O) groups is 2. The lowest BCUT2D eigenvalue weighted by Gasteiger charge is -2.62. The maximum absolute atomic E-state index is 13.7. The van der Waals surface area contributed by atoms with E-state index >= 15 is 0 Å². The zero-order valence-corrected chi connectivity index (χ0v) is 22.8. The van der Waals surface area contributed by atoms with E-state index in [0.717, 1.165) is 78.4 Å². The number of ether oxygens (including phenoxy) is 2. The molecule has 0 amide bonds. The van der Waals surface area contributed by atoms with Gasteiger partial charge in [-0.1, -0.05) is 0 Å². The zero-order chi connectivity index (χ0) is 24.7. The van der Waals surface area contributed by atoms with Crippen molar-refractivity contribution < 1.29 is 19.1 Å². The van der Waals surface area contributed by atoms with Crippen LogP contribution in [-0.2, 0) is 19.1 Å². The summed E-state index contributed by atoms with van der Waals surface area (Å²) in [6, 6.07) is 0. The topological polar surface area (TPSA) is 52.6 Å². The van der Waals surface area contributed by atoms with E-state index < -0.39 is 0 Å². The molecule has 2 spiro atoms. The Kier molecular flexibility index (Phi) is 3.82. The molecule has 204 valence electrons. The van der Waals surface area contributed by atoms with E-state index in [9.17, 15) is 9.59 Å². The van der Waals surface area contributed by atoms with Gasteiger partial charge in [0.15, 0.2) is 0 Å². The molecule has 4 heteroatoms. The first kappa shape index (κ1) is 21.7. The highest BCUT2D eigenvalue weighted by atomic mass is 16.5. The maximum Gasteiger partial charge on any atom is 0.306 e. The quantitative estimate of drug-likeness (QED) is 0.370. The first-order valence-corrected chi connectivity index (χ1v) is 16.9. The molecule has 1 aliphatic heterocycles. The second kappa shape index (κ2) is 6.70. The molecule has 0 aromatic carbocycles. The van der Waals surface area contributed by atoms with Gasteiger partial charge in [-0.2, -0.15) is 0 Å². The van der Waals surface area contributed by atoms with Crippen molar-refractivity contribution in [3.63, 3.8) is 0 Å². The smallest absolute Gasteiger partial charge is 0.306 e. The molecule has 12 rings (SSSR count). The molecule has 16 atom stereocenters. The molecule has 11 aliphatic carbocycles. The Bertz CT molecular complexity index is 1050. The second-order valence-corrected chi connectivity index (χ2v) is 17.4. The number of rotatable bonds is 0. The van der Waals surface area contributed by atoms with Crippen molar-refractivity contribution in [1.29, 1.82) is 0 Å². The van der Waals surface area contributed by atoms with Gasteiger partial charge in [-0.3, -0.25) is 9.59 Å². The SMILES string of the molecule is O=C1CC23CC4CC(C2)CC(CC(=O)O[C@@H]2CC[C@@H]5[C@H]6C[C@H]([C@H]7[C@@H]6[C@H]6[C@H]8C[C@@H]([C@@H]76)[C@@H]6[C@H]8CC[C@@H]6O1)[C@@H]52)(C4)C3. The summed E-state index contributed by atoms with van der Waals surface area (Å²) < 4.78 is 13.1. The molecule has 4 nitrogen and oxygen atoms in total. The highest BCUT2D eigenvalue weighted by Gasteiger charge is 2.78. The molecule has 0 aromatic rings. The largest absolute Gasteiger partial charge is 0.462 e. The summed E-state index contributed by atoms with van der Waals surface area (Å²) in [5.41, 5.74) is 0.176. The van der Waals surface area contributed by atoms with Gasteiger partial charge in [0.25, 0.3) is 0 Å². The third-order valence-corrected chi connectivity index (χ3v) is 16.3. The standard InChI is InChI=1S/C34H44O4/c35-25-12-33-8-15-5-16(9-33)11-34(10-15,14-33)13-26(36)38-24-4-2-18-20-7-22(28(18)24)32-30(20)29-19-6-21(31(29)32)27-17(19)1-3-23(27)37-25/h15-24,27-32H,1-14H2/t15?,16?,17-,18+,19-,20+,21+,22-,23-,24+,27-,28+,29+,30-,31+,32-,33?,34?. The molecular formula is C34H44O4. The number of esters is 2. The Morgan fingerprint density at radius 1 is 0.500 bits per heavy atom. The fourth-order valence-corrected chi connectivity index (χ4v) is 16.8. The van der Waals surface area contributed by atoms with Crippen molar-refractivity contribution in [1.82, 2.24) is 0 Å². The van der Waals surface area contributed by atoms with Crippen LogP contribution in [0.25, 0.3) is 0 Å². The Labute approximate surface area is 226 Å². The number of hydrogen-bond donors (Lipinski definition) is 0. The van der Waals surface area contributed by atoms with Gasteiger partial charge >= 0.3 is 11.9 Å². The average Bonchev–Trinajstić information content (AvgIpc) is 3.62. The van der Waals surface area contributed by atoms with E-state index in [1.165, 1.54) is 57.8 Å². The van der Waals surface area contributed by atoms with E-state index in [-0.39, 0.29) is 35.0 Å². The Morgan fingerprint density at radius 3 is 1.42 bits per heavy atom. The summed E-state index contributed by atoms with van der Waals surface area (Å²) in [6.07, 6.45) is 16.6. The third kappa shape index (κ3) is 2.42. The minimum absolute atomic E-state index is 0.0879. The van der Waals surface area contributed by atoms with Crippen LogP contribution >= 0.6 is 0 Å².